The number of piperidine rings is 1. The zero-order valence-electron chi connectivity index (χ0n) is 12.3. The predicted octanol–water partition coefficient (Wildman–Crippen LogP) is 2.10. The second kappa shape index (κ2) is 5.32. The summed E-state index contributed by atoms with van der Waals surface area (Å²) in [4.78, 5) is 19.7. The van der Waals surface area contributed by atoms with E-state index in [0.29, 0.717) is 17.5 Å². The molecule has 0 spiro atoms. The van der Waals surface area contributed by atoms with Crippen molar-refractivity contribution in [2.24, 2.45) is 0 Å². The van der Waals surface area contributed by atoms with Gasteiger partial charge in [0.1, 0.15) is 11.3 Å². The number of hydrogen-bond donors (Lipinski definition) is 0. The Morgan fingerprint density at radius 3 is 2.68 bits per heavy atom. The van der Waals surface area contributed by atoms with Crippen LogP contribution in [-0.2, 0) is 0 Å². The summed E-state index contributed by atoms with van der Waals surface area (Å²) in [5.74, 6) is 2.78. The molecule has 22 heavy (non-hydrogen) atoms. The lowest BCUT2D eigenvalue weighted by molar-refractivity contribution is 0.375. The maximum atomic E-state index is 5.08. The molecule has 0 aromatic carbocycles. The topological polar surface area (TPSA) is 80.8 Å². The minimum absolute atomic E-state index is 0.369. The van der Waals surface area contributed by atoms with Gasteiger partial charge in [0.05, 0.1) is 0 Å². The molecule has 1 fully saturated rings. The lowest BCUT2D eigenvalue weighted by Gasteiger charge is -2.31. The van der Waals surface area contributed by atoms with Crippen molar-refractivity contribution in [2.45, 2.75) is 25.7 Å². The number of aromatic nitrogens is 5. The Morgan fingerprint density at radius 1 is 1.09 bits per heavy atom. The van der Waals surface area contributed by atoms with Gasteiger partial charge in [-0.15, -0.1) is 0 Å². The van der Waals surface area contributed by atoms with Gasteiger partial charge in [0, 0.05) is 38.3 Å². The molecule has 0 bridgehead atoms. The van der Waals surface area contributed by atoms with Gasteiger partial charge >= 0.3 is 0 Å². The van der Waals surface area contributed by atoms with Crippen LogP contribution in [-0.4, -0.2) is 38.2 Å². The number of fused-ring (bicyclic) bond motifs is 1. The Kier molecular flexibility index (Phi) is 3.17. The van der Waals surface area contributed by atoms with Crippen molar-refractivity contribution >= 4 is 17.0 Å². The highest BCUT2D eigenvalue weighted by Crippen LogP contribution is 2.28. The van der Waals surface area contributed by atoms with E-state index < -0.39 is 0 Å². The largest absolute Gasteiger partial charge is 0.356 e. The molecule has 1 saturated heterocycles. The van der Waals surface area contributed by atoms with E-state index in [0.717, 1.165) is 43.1 Å². The molecule has 0 saturated carbocycles. The van der Waals surface area contributed by atoms with Gasteiger partial charge in [-0.25, -0.2) is 9.97 Å². The van der Waals surface area contributed by atoms with Crippen molar-refractivity contribution in [3.63, 3.8) is 0 Å². The highest BCUT2D eigenvalue weighted by atomic mass is 16.5. The molecular formula is C15H16N6O. The van der Waals surface area contributed by atoms with Gasteiger partial charge < -0.3 is 9.42 Å². The zero-order valence-corrected chi connectivity index (χ0v) is 12.3. The van der Waals surface area contributed by atoms with Gasteiger partial charge in [-0.05, 0) is 25.0 Å². The van der Waals surface area contributed by atoms with Gasteiger partial charge in [-0.3, -0.25) is 4.98 Å². The van der Waals surface area contributed by atoms with Crippen molar-refractivity contribution in [1.82, 2.24) is 25.1 Å². The van der Waals surface area contributed by atoms with Crippen LogP contribution in [0.1, 0.15) is 30.5 Å². The van der Waals surface area contributed by atoms with Crippen LogP contribution >= 0.6 is 0 Å². The summed E-state index contributed by atoms with van der Waals surface area (Å²) in [5.41, 5.74) is 1.51. The monoisotopic (exact) mass is 296 g/mol. The normalized spacial score (nSPS) is 16.3. The lowest BCUT2D eigenvalue weighted by Crippen LogP contribution is -2.33. The maximum Gasteiger partial charge on any atom is 0.223 e. The second-order valence-electron chi connectivity index (χ2n) is 5.50. The van der Waals surface area contributed by atoms with Crippen molar-refractivity contribution in [3.8, 4) is 0 Å². The van der Waals surface area contributed by atoms with Crippen LogP contribution in [0.2, 0.25) is 0 Å². The molecule has 3 aromatic heterocycles. The van der Waals surface area contributed by atoms with Crippen LogP contribution in [0.3, 0.4) is 0 Å². The first-order valence-corrected chi connectivity index (χ1v) is 7.42. The Hall–Kier alpha value is -2.57. The quantitative estimate of drug-likeness (QED) is 0.716. The molecule has 3 aromatic rings. The first-order chi connectivity index (χ1) is 10.8. The molecule has 0 atom stereocenters. The van der Waals surface area contributed by atoms with Gasteiger partial charge in [0.25, 0.3) is 0 Å². The Balaban J connectivity index is 1.50. The van der Waals surface area contributed by atoms with Crippen LogP contribution in [0.4, 0.5) is 5.82 Å². The van der Waals surface area contributed by atoms with E-state index in [9.17, 15) is 0 Å². The summed E-state index contributed by atoms with van der Waals surface area (Å²) < 4.78 is 5.08. The number of rotatable bonds is 2. The molecule has 1 aliphatic heterocycles. The van der Waals surface area contributed by atoms with Crippen LogP contribution in [0, 0.1) is 6.92 Å². The van der Waals surface area contributed by atoms with Crippen LogP contribution in [0.15, 0.2) is 29.0 Å². The van der Waals surface area contributed by atoms with E-state index >= 15 is 0 Å². The molecule has 0 aliphatic carbocycles. The van der Waals surface area contributed by atoms with E-state index in [-0.39, 0.29) is 0 Å². The molecule has 1 aliphatic rings. The molecule has 7 heteroatoms. The zero-order chi connectivity index (χ0) is 14.9. The fourth-order valence-electron chi connectivity index (χ4n) is 2.87. The van der Waals surface area contributed by atoms with Gasteiger partial charge in [0.2, 0.25) is 5.89 Å². The summed E-state index contributed by atoms with van der Waals surface area (Å²) in [7, 11) is 0. The number of hydrogen-bond acceptors (Lipinski definition) is 7. The first kappa shape index (κ1) is 13.1. The summed E-state index contributed by atoms with van der Waals surface area (Å²) >= 11 is 0. The summed E-state index contributed by atoms with van der Waals surface area (Å²) in [6, 6.07) is 3.98. The molecule has 7 nitrogen and oxygen atoms in total. The average molecular weight is 296 g/mol. The smallest absolute Gasteiger partial charge is 0.223 e. The Morgan fingerprint density at radius 2 is 1.91 bits per heavy atom. The van der Waals surface area contributed by atoms with Gasteiger partial charge in [-0.2, -0.15) is 4.98 Å². The highest BCUT2D eigenvalue weighted by Gasteiger charge is 2.25. The highest BCUT2D eigenvalue weighted by molar-refractivity contribution is 5.71. The van der Waals surface area contributed by atoms with Crippen LogP contribution in [0.5, 0.6) is 0 Å². The Bertz CT molecular complexity index is 793. The van der Waals surface area contributed by atoms with Crippen LogP contribution < -0.4 is 4.90 Å². The van der Waals surface area contributed by atoms with Gasteiger partial charge in [0.15, 0.2) is 11.5 Å². The third kappa shape index (κ3) is 2.38. The summed E-state index contributed by atoms with van der Waals surface area (Å²) in [6.45, 7) is 3.68. The minimum Gasteiger partial charge on any atom is -0.356 e. The molecule has 4 heterocycles. The molecule has 4 rings (SSSR count). The van der Waals surface area contributed by atoms with Crippen molar-refractivity contribution in [3.05, 3.63) is 36.2 Å². The first-order valence-electron chi connectivity index (χ1n) is 7.42. The molecule has 0 unspecified atom stereocenters. The SMILES string of the molecule is Cc1nc(C2CCN(c3ccc4nccnc4n3)CC2)no1. The summed E-state index contributed by atoms with van der Waals surface area (Å²) in [5, 5.41) is 4.04. The van der Waals surface area contributed by atoms with Crippen LogP contribution in [0.25, 0.3) is 11.2 Å². The second-order valence-corrected chi connectivity index (χ2v) is 5.50. The number of nitrogens with zero attached hydrogens (tertiary/aromatic N) is 6. The van der Waals surface area contributed by atoms with E-state index in [1.54, 1.807) is 12.4 Å². The minimum atomic E-state index is 0.369. The van der Waals surface area contributed by atoms with E-state index in [1.165, 1.54) is 0 Å². The maximum absolute atomic E-state index is 5.08. The van der Waals surface area contributed by atoms with Crippen molar-refractivity contribution in [1.29, 1.82) is 0 Å². The van der Waals surface area contributed by atoms with Crippen molar-refractivity contribution in [2.75, 3.05) is 18.0 Å². The summed E-state index contributed by atoms with van der Waals surface area (Å²) in [6.07, 6.45) is 5.35. The number of anilines is 1. The molecule has 0 radical (unpaired) electrons. The number of pyridine rings is 1. The van der Waals surface area contributed by atoms with E-state index in [4.69, 9.17) is 4.52 Å². The standard InChI is InChI=1S/C15H16N6O/c1-10-18-14(20-22-10)11-4-8-21(9-5-11)13-3-2-12-15(19-13)17-7-6-16-12/h2-3,6-7,11H,4-5,8-9H2,1H3. The fourth-order valence-corrected chi connectivity index (χ4v) is 2.87. The number of aryl methyl sites for hydroxylation is 1. The average Bonchev–Trinajstić information content (AvgIpc) is 3.01. The van der Waals surface area contributed by atoms with Gasteiger partial charge in [-0.1, -0.05) is 5.16 Å². The molecular weight excluding hydrogens is 280 g/mol. The molecule has 0 amide bonds. The lowest BCUT2D eigenvalue weighted by atomic mass is 9.96. The van der Waals surface area contributed by atoms with E-state index in [2.05, 4.69) is 30.0 Å². The van der Waals surface area contributed by atoms with Crippen molar-refractivity contribution < 1.29 is 4.52 Å². The third-order valence-corrected chi connectivity index (χ3v) is 4.04. The van der Waals surface area contributed by atoms with E-state index in [1.807, 2.05) is 19.1 Å². The fraction of sp³-hybridized carbons (Fsp3) is 0.400. The predicted molar refractivity (Wildman–Crippen MR) is 80.6 cm³/mol. The third-order valence-electron chi connectivity index (χ3n) is 4.04. The molecule has 112 valence electrons. The molecule has 0 N–H and O–H groups in total. The Labute approximate surface area is 127 Å².